The Morgan fingerprint density at radius 1 is 0.935 bits per heavy atom. The Bertz CT molecular complexity index is 993. The van der Waals surface area contributed by atoms with Gasteiger partial charge in [-0.25, -0.2) is 17.6 Å². The third-order valence-corrected chi connectivity index (χ3v) is 5.82. The first-order valence-electron chi connectivity index (χ1n) is 9.48. The first-order chi connectivity index (χ1) is 14.8. The topological polar surface area (TPSA) is 105 Å². The standard InChI is InChI=1S/C20H22FN3O6S/c21-16-6-8-18(9-7-16)31(27,28)22-30-15-20(26)29-14-19(25)24-12-10-23(11-13-24)17-4-2-1-3-5-17/h1-9,22H,10-15H2. The summed E-state index contributed by atoms with van der Waals surface area (Å²) in [4.78, 5) is 33.9. The van der Waals surface area contributed by atoms with Crippen LogP contribution in [0.25, 0.3) is 0 Å². The normalized spacial score (nSPS) is 14.4. The maximum absolute atomic E-state index is 12.9. The van der Waals surface area contributed by atoms with Crippen molar-refractivity contribution in [2.24, 2.45) is 0 Å². The molecule has 11 heteroatoms. The lowest BCUT2D eigenvalue weighted by molar-refractivity contribution is -0.156. The molecule has 1 fully saturated rings. The number of benzene rings is 2. The maximum atomic E-state index is 12.9. The van der Waals surface area contributed by atoms with E-state index in [2.05, 4.69) is 9.74 Å². The Kier molecular flexibility index (Phi) is 7.55. The zero-order valence-electron chi connectivity index (χ0n) is 16.6. The molecular formula is C20H22FN3O6S. The SMILES string of the molecule is O=C(CONS(=O)(=O)c1ccc(F)cc1)OCC(=O)N1CCN(c2ccccc2)CC1. The van der Waals surface area contributed by atoms with Gasteiger partial charge in [0.15, 0.2) is 13.2 Å². The zero-order valence-corrected chi connectivity index (χ0v) is 17.4. The molecule has 166 valence electrons. The lowest BCUT2D eigenvalue weighted by atomic mass is 10.2. The monoisotopic (exact) mass is 451 g/mol. The summed E-state index contributed by atoms with van der Waals surface area (Å²) in [6.07, 6.45) is 0. The van der Waals surface area contributed by atoms with E-state index in [1.165, 1.54) is 0 Å². The second-order valence-corrected chi connectivity index (χ2v) is 8.34. The minimum absolute atomic E-state index is 0.230. The number of carbonyl (C=O) groups excluding carboxylic acids is 2. The van der Waals surface area contributed by atoms with Crippen molar-refractivity contribution in [3.8, 4) is 0 Å². The van der Waals surface area contributed by atoms with Gasteiger partial charge in [0.2, 0.25) is 0 Å². The average molecular weight is 451 g/mol. The molecule has 0 saturated carbocycles. The molecule has 1 N–H and O–H groups in total. The zero-order chi connectivity index (χ0) is 22.3. The van der Waals surface area contributed by atoms with E-state index in [1.807, 2.05) is 30.3 Å². The van der Waals surface area contributed by atoms with E-state index >= 15 is 0 Å². The van der Waals surface area contributed by atoms with Gasteiger partial charge in [-0.15, -0.1) is 0 Å². The first kappa shape index (κ1) is 22.7. The predicted molar refractivity (Wildman–Crippen MR) is 109 cm³/mol. The largest absolute Gasteiger partial charge is 0.454 e. The molecule has 0 aromatic heterocycles. The van der Waals surface area contributed by atoms with Gasteiger partial charge < -0.3 is 14.5 Å². The highest BCUT2D eigenvalue weighted by molar-refractivity contribution is 7.89. The molecule has 0 aliphatic carbocycles. The minimum atomic E-state index is -4.08. The van der Waals surface area contributed by atoms with Crippen LogP contribution in [0.1, 0.15) is 0 Å². The minimum Gasteiger partial charge on any atom is -0.454 e. The van der Waals surface area contributed by atoms with Crippen molar-refractivity contribution in [1.29, 1.82) is 0 Å². The number of amides is 1. The Balaban J connectivity index is 1.36. The maximum Gasteiger partial charge on any atom is 0.334 e. The van der Waals surface area contributed by atoms with Crippen LogP contribution in [0.4, 0.5) is 10.1 Å². The summed E-state index contributed by atoms with van der Waals surface area (Å²) in [6, 6.07) is 13.9. The number of piperazine rings is 1. The molecule has 1 aliphatic heterocycles. The van der Waals surface area contributed by atoms with E-state index in [1.54, 1.807) is 9.79 Å². The van der Waals surface area contributed by atoms with Crippen LogP contribution in [0.5, 0.6) is 0 Å². The molecule has 0 bridgehead atoms. The predicted octanol–water partition coefficient (Wildman–Crippen LogP) is 0.928. The van der Waals surface area contributed by atoms with Crippen LogP contribution in [0, 0.1) is 5.82 Å². The van der Waals surface area contributed by atoms with Crippen LogP contribution < -0.4 is 9.79 Å². The first-order valence-corrected chi connectivity index (χ1v) is 11.0. The van der Waals surface area contributed by atoms with Gasteiger partial charge in [-0.1, -0.05) is 23.1 Å². The molecule has 31 heavy (non-hydrogen) atoms. The number of hydrogen-bond donors (Lipinski definition) is 1. The van der Waals surface area contributed by atoms with Gasteiger partial charge in [0, 0.05) is 31.9 Å². The van der Waals surface area contributed by atoms with Crippen molar-refractivity contribution in [2.45, 2.75) is 4.90 Å². The Hall–Kier alpha value is -3.02. The second-order valence-electron chi connectivity index (χ2n) is 6.69. The van der Waals surface area contributed by atoms with E-state index in [0.29, 0.717) is 26.2 Å². The summed E-state index contributed by atoms with van der Waals surface area (Å²) in [5.41, 5.74) is 1.08. The molecule has 1 saturated heterocycles. The molecule has 2 aromatic rings. The summed E-state index contributed by atoms with van der Waals surface area (Å²) >= 11 is 0. The molecule has 1 aliphatic rings. The summed E-state index contributed by atoms with van der Waals surface area (Å²) in [6.45, 7) is 1.14. The summed E-state index contributed by atoms with van der Waals surface area (Å²) in [7, 11) is -4.08. The molecule has 1 heterocycles. The summed E-state index contributed by atoms with van der Waals surface area (Å²) < 4.78 is 41.6. The van der Waals surface area contributed by atoms with Gasteiger partial charge in [0.25, 0.3) is 15.9 Å². The summed E-state index contributed by atoms with van der Waals surface area (Å²) in [5.74, 6) is -1.83. The highest BCUT2D eigenvalue weighted by atomic mass is 32.2. The lowest BCUT2D eigenvalue weighted by Gasteiger charge is -2.36. The van der Waals surface area contributed by atoms with Crippen LogP contribution >= 0.6 is 0 Å². The van der Waals surface area contributed by atoms with E-state index in [9.17, 15) is 22.4 Å². The number of hydrogen-bond acceptors (Lipinski definition) is 7. The highest BCUT2D eigenvalue weighted by Crippen LogP contribution is 2.15. The Morgan fingerprint density at radius 2 is 1.58 bits per heavy atom. The van der Waals surface area contributed by atoms with Gasteiger partial charge in [-0.3, -0.25) is 9.63 Å². The van der Waals surface area contributed by atoms with Crippen molar-refractivity contribution < 1.29 is 32.0 Å². The Morgan fingerprint density at radius 3 is 2.23 bits per heavy atom. The number of carbonyl (C=O) groups is 2. The lowest BCUT2D eigenvalue weighted by Crippen LogP contribution is -2.50. The fourth-order valence-electron chi connectivity index (χ4n) is 2.96. The van der Waals surface area contributed by atoms with E-state index in [4.69, 9.17) is 4.74 Å². The molecule has 0 spiro atoms. The van der Waals surface area contributed by atoms with Crippen LogP contribution in [0.3, 0.4) is 0 Å². The van der Waals surface area contributed by atoms with Gasteiger partial charge >= 0.3 is 5.97 Å². The molecule has 0 atom stereocenters. The number of rotatable bonds is 8. The second kappa shape index (κ2) is 10.3. The average Bonchev–Trinajstić information content (AvgIpc) is 2.78. The smallest absolute Gasteiger partial charge is 0.334 e. The number of esters is 1. The molecular weight excluding hydrogens is 429 g/mol. The quantitative estimate of drug-likeness (QED) is 0.470. The molecule has 0 unspecified atom stereocenters. The number of sulfonamides is 1. The van der Waals surface area contributed by atoms with E-state index in [0.717, 1.165) is 30.0 Å². The van der Waals surface area contributed by atoms with E-state index < -0.39 is 35.0 Å². The van der Waals surface area contributed by atoms with Crippen LogP contribution in [0.15, 0.2) is 59.5 Å². The van der Waals surface area contributed by atoms with Crippen molar-refractivity contribution in [3.05, 3.63) is 60.4 Å². The van der Waals surface area contributed by atoms with E-state index in [-0.39, 0.29) is 10.8 Å². The number of nitrogens with one attached hydrogen (secondary N) is 1. The molecule has 9 nitrogen and oxygen atoms in total. The van der Waals surface area contributed by atoms with Crippen molar-refractivity contribution in [3.63, 3.8) is 0 Å². The van der Waals surface area contributed by atoms with Gasteiger partial charge in [0.1, 0.15) is 5.82 Å². The van der Waals surface area contributed by atoms with Crippen molar-refractivity contribution in [2.75, 3.05) is 44.3 Å². The van der Waals surface area contributed by atoms with Crippen LogP contribution in [0.2, 0.25) is 0 Å². The van der Waals surface area contributed by atoms with Gasteiger partial charge in [0.05, 0.1) is 4.90 Å². The van der Waals surface area contributed by atoms with Crippen LogP contribution in [-0.2, 0) is 29.2 Å². The van der Waals surface area contributed by atoms with Gasteiger partial charge in [-0.05, 0) is 36.4 Å². The van der Waals surface area contributed by atoms with Crippen molar-refractivity contribution in [1.82, 2.24) is 9.79 Å². The fourth-order valence-corrected chi connectivity index (χ4v) is 3.76. The molecule has 3 rings (SSSR count). The highest BCUT2D eigenvalue weighted by Gasteiger charge is 2.22. The number of nitrogens with zero attached hydrogens (tertiary/aromatic N) is 2. The van der Waals surface area contributed by atoms with Crippen LogP contribution in [-0.4, -0.2) is 64.6 Å². The third-order valence-electron chi connectivity index (χ3n) is 4.59. The van der Waals surface area contributed by atoms with Crippen molar-refractivity contribution >= 4 is 27.6 Å². The third kappa shape index (κ3) is 6.48. The number of halogens is 1. The summed E-state index contributed by atoms with van der Waals surface area (Å²) in [5, 5.41) is 0. The molecule has 1 amide bonds. The number of anilines is 1. The number of ether oxygens (including phenoxy) is 1. The molecule has 2 aromatic carbocycles. The number of para-hydroxylation sites is 1. The van der Waals surface area contributed by atoms with Gasteiger partial charge in [-0.2, -0.15) is 0 Å². The fraction of sp³-hybridized carbons (Fsp3) is 0.300. The molecule has 0 radical (unpaired) electrons. The Labute approximate surface area is 179 Å².